The van der Waals surface area contributed by atoms with E-state index in [0.717, 1.165) is 22.8 Å². The predicted molar refractivity (Wildman–Crippen MR) is 68.1 cm³/mol. The highest BCUT2D eigenvalue weighted by Crippen LogP contribution is 2.04. The second kappa shape index (κ2) is 4.78. The summed E-state index contributed by atoms with van der Waals surface area (Å²) in [5.74, 6) is 0.522. The van der Waals surface area contributed by atoms with Crippen molar-refractivity contribution in [3.8, 4) is 0 Å². The third-order valence-electron chi connectivity index (χ3n) is 2.29. The van der Waals surface area contributed by atoms with Crippen LogP contribution in [0, 0.1) is 13.8 Å². The second-order valence-corrected chi connectivity index (χ2v) is 3.87. The molecule has 0 fully saturated rings. The minimum Gasteiger partial charge on any atom is -0.360 e. The van der Waals surface area contributed by atoms with Crippen molar-refractivity contribution < 1.29 is 0 Å². The molecule has 0 aliphatic carbocycles. The maximum atomic E-state index is 4.25. The van der Waals surface area contributed by atoms with Crippen LogP contribution in [0.5, 0.6) is 0 Å². The summed E-state index contributed by atoms with van der Waals surface area (Å²) in [7, 11) is 0. The number of aromatic amines is 1. The van der Waals surface area contributed by atoms with Crippen molar-refractivity contribution in [2.45, 2.75) is 20.8 Å². The smallest absolute Gasteiger partial charge is 0.243 e. The molecule has 2 aromatic heterocycles. The zero-order chi connectivity index (χ0) is 12.3. The minimum absolute atomic E-state index is 0.522. The van der Waals surface area contributed by atoms with E-state index >= 15 is 0 Å². The van der Waals surface area contributed by atoms with Crippen LogP contribution in [0.15, 0.2) is 29.5 Å². The normalized spacial score (nSPS) is 11.6. The van der Waals surface area contributed by atoms with Crippen molar-refractivity contribution in [1.82, 2.24) is 15.0 Å². The van der Waals surface area contributed by atoms with Crippen LogP contribution < -0.4 is 5.43 Å². The average molecular weight is 229 g/mol. The topological polar surface area (TPSA) is 66.0 Å². The second-order valence-electron chi connectivity index (χ2n) is 3.87. The van der Waals surface area contributed by atoms with Gasteiger partial charge in [-0.25, -0.2) is 15.4 Å². The van der Waals surface area contributed by atoms with Crippen molar-refractivity contribution >= 4 is 11.7 Å². The predicted octanol–water partition coefficient (Wildman–Crippen LogP) is 2.26. The maximum Gasteiger partial charge on any atom is 0.243 e. The number of hydrogen-bond donors (Lipinski definition) is 2. The van der Waals surface area contributed by atoms with E-state index in [1.807, 2.05) is 45.2 Å². The van der Waals surface area contributed by atoms with Gasteiger partial charge in [-0.3, -0.25) is 0 Å². The van der Waals surface area contributed by atoms with E-state index < -0.39 is 0 Å². The lowest BCUT2D eigenvalue weighted by Crippen LogP contribution is -2.03. The Labute approximate surface area is 100 Å². The summed E-state index contributed by atoms with van der Waals surface area (Å²) in [5.41, 5.74) is 6.54. The van der Waals surface area contributed by atoms with Crippen LogP contribution in [0.2, 0.25) is 0 Å². The van der Waals surface area contributed by atoms with Gasteiger partial charge in [0, 0.05) is 17.6 Å². The van der Waals surface area contributed by atoms with Gasteiger partial charge in [0.05, 0.1) is 11.4 Å². The molecule has 2 heterocycles. The largest absolute Gasteiger partial charge is 0.360 e. The molecule has 0 saturated heterocycles. The van der Waals surface area contributed by atoms with Crippen LogP contribution in [0.4, 0.5) is 5.95 Å². The van der Waals surface area contributed by atoms with E-state index in [0.29, 0.717) is 5.95 Å². The minimum atomic E-state index is 0.522. The van der Waals surface area contributed by atoms with E-state index in [1.165, 1.54) is 0 Å². The van der Waals surface area contributed by atoms with Gasteiger partial charge in [-0.15, -0.1) is 0 Å². The molecule has 0 aliphatic heterocycles. The van der Waals surface area contributed by atoms with Crippen molar-refractivity contribution in [3.63, 3.8) is 0 Å². The molecular formula is C12H15N5. The van der Waals surface area contributed by atoms with Gasteiger partial charge in [0.15, 0.2) is 0 Å². The first-order valence-electron chi connectivity index (χ1n) is 5.41. The van der Waals surface area contributed by atoms with Crippen molar-refractivity contribution in [2.24, 2.45) is 5.10 Å². The van der Waals surface area contributed by atoms with Gasteiger partial charge < -0.3 is 4.98 Å². The molecule has 0 aromatic carbocycles. The number of anilines is 1. The Morgan fingerprint density at radius 1 is 1.29 bits per heavy atom. The van der Waals surface area contributed by atoms with Gasteiger partial charge in [0.25, 0.3) is 0 Å². The van der Waals surface area contributed by atoms with Gasteiger partial charge in [-0.2, -0.15) is 5.10 Å². The lowest BCUT2D eigenvalue weighted by Gasteiger charge is -2.03. The number of aromatic nitrogens is 3. The van der Waals surface area contributed by atoms with Gasteiger partial charge >= 0.3 is 0 Å². The van der Waals surface area contributed by atoms with Crippen molar-refractivity contribution in [3.05, 3.63) is 41.5 Å². The number of hydrogen-bond acceptors (Lipinski definition) is 4. The van der Waals surface area contributed by atoms with Crippen LogP contribution in [-0.4, -0.2) is 20.7 Å². The lowest BCUT2D eigenvalue weighted by atomic mass is 10.3. The molecule has 0 spiro atoms. The van der Waals surface area contributed by atoms with Crippen molar-refractivity contribution in [2.75, 3.05) is 5.43 Å². The molecule has 0 radical (unpaired) electrons. The molecule has 5 nitrogen and oxygen atoms in total. The Morgan fingerprint density at radius 3 is 2.59 bits per heavy atom. The first-order valence-corrected chi connectivity index (χ1v) is 5.41. The summed E-state index contributed by atoms with van der Waals surface area (Å²) >= 11 is 0. The van der Waals surface area contributed by atoms with Gasteiger partial charge in [-0.05, 0) is 39.0 Å². The fourth-order valence-electron chi connectivity index (χ4n) is 1.53. The third-order valence-corrected chi connectivity index (χ3v) is 2.29. The van der Waals surface area contributed by atoms with Gasteiger partial charge in [-0.1, -0.05) is 0 Å². The highest BCUT2D eigenvalue weighted by atomic mass is 15.4. The fraction of sp³-hybridized carbons (Fsp3) is 0.250. The quantitative estimate of drug-likeness (QED) is 0.626. The first kappa shape index (κ1) is 11.3. The molecule has 0 saturated carbocycles. The van der Waals surface area contributed by atoms with Crippen LogP contribution in [0.1, 0.15) is 24.0 Å². The molecule has 5 heteroatoms. The van der Waals surface area contributed by atoms with Crippen LogP contribution in [-0.2, 0) is 0 Å². The van der Waals surface area contributed by atoms with Crippen LogP contribution >= 0.6 is 0 Å². The van der Waals surface area contributed by atoms with E-state index in [9.17, 15) is 0 Å². The SMILES string of the molecule is C/C(=N\Nc1nc(C)cc(C)n1)c1ccc[nH]1. The maximum absolute atomic E-state index is 4.25. The highest BCUT2D eigenvalue weighted by molar-refractivity contribution is 5.97. The van der Waals surface area contributed by atoms with Crippen LogP contribution in [0.3, 0.4) is 0 Å². The van der Waals surface area contributed by atoms with Crippen LogP contribution in [0.25, 0.3) is 0 Å². The summed E-state index contributed by atoms with van der Waals surface area (Å²) in [6.07, 6.45) is 1.86. The molecule has 0 unspecified atom stereocenters. The van der Waals surface area contributed by atoms with Gasteiger partial charge in [0.2, 0.25) is 5.95 Å². The molecule has 88 valence electrons. The number of nitrogens with zero attached hydrogens (tertiary/aromatic N) is 3. The number of aryl methyl sites for hydroxylation is 2. The first-order chi connectivity index (χ1) is 8.15. The third kappa shape index (κ3) is 2.90. The Hall–Kier alpha value is -2.17. The average Bonchev–Trinajstić information content (AvgIpc) is 2.78. The monoisotopic (exact) mass is 229 g/mol. The summed E-state index contributed by atoms with van der Waals surface area (Å²) in [6, 6.07) is 5.82. The Bertz CT molecular complexity index is 508. The van der Waals surface area contributed by atoms with Crippen molar-refractivity contribution in [1.29, 1.82) is 0 Å². The summed E-state index contributed by atoms with van der Waals surface area (Å²) in [6.45, 7) is 5.78. The van der Waals surface area contributed by atoms with E-state index in [2.05, 4.69) is 25.5 Å². The lowest BCUT2D eigenvalue weighted by molar-refractivity contribution is 1.03. The molecule has 0 aliphatic rings. The molecule has 2 aromatic rings. The number of nitrogens with one attached hydrogen (secondary N) is 2. The molecule has 0 bridgehead atoms. The molecule has 2 rings (SSSR count). The Kier molecular flexibility index (Phi) is 3.18. The highest BCUT2D eigenvalue weighted by Gasteiger charge is 1.99. The standard InChI is InChI=1S/C12H15N5/c1-8-7-9(2)15-12(14-8)17-16-10(3)11-5-4-6-13-11/h4-7,13H,1-3H3,(H,14,15,17)/b16-10+. The molecular weight excluding hydrogens is 214 g/mol. The van der Waals surface area contributed by atoms with E-state index in [1.54, 1.807) is 0 Å². The molecule has 0 amide bonds. The zero-order valence-electron chi connectivity index (χ0n) is 10.2. The summed E-state index contributed by atoms with van der Waals surface area (Å²) in [4.78, 5) is 11.6. The summed E-state index contributed by atoms with van der Waals surface area (Å²) in [5, 5.41) is 4.23. The molecule has 17 heavy (non-hydrogen) atoms. The number of rotatable bonds is 3. The molecule has 2 N–H and O–H groups in total. The van der Waals surface area contributed by atoms with E-state index in [4.69, 9.17) is 0 Å². The zero-order valence-corrected chi connectivity index (χ0v) is 10.2. The number of hydrazone groups is 1. The molecule has 0 atom stereocenters. The summed E-state index contributed by atoms with van der Waals surface area (Å²) < 4.78 is 0. The Balaban J connectivity index is 2.14. The Morgan fingerprint density at radius 2 is 2.00 bits per heavy atom. The van der Waals surface area contributed by atoms with Gasteiger partial charge in [0.1, 0.15) is 0 Å². The number of H-pyrrole nitrogens is 1. The fourth-order valence-corrected chi connectivity index (χ4v) is 1.53. The van der Waals surface area contributed by atoms with E-state index in [-0.39, 0.29) is 0 Å².